The summed E-state index contributed by atoms with van der Waals surface area (Å²) >= 11 is -1.86. The van der Waals surface area contributed by atoms with E-state index in [1.54, 1.807) is 13.3 Å². The Kier molecular flexibility index (Phi) is 9.05. The standard InChI is InChI=1S/C5H9O.3C4H9.Sn/c1-6-4-5-2-3-5;3*1-3-4-2;/h2,5H,3-4H2,1H3;3*1,3-4H2,2H3;/t5-;;;;/m1..../s1. The van der Waals surface area contributed by atoms with Gasteiger partial charge in [0.25, 0.3) is 0 Å². The van der Waals surface area contributed by atoms with Crippen LogP contribution in [0.1, 0.15) is 65.7 Å². The molecule has 1 nitrogen and oxygen atoms in total. The van der Waals surface area contributed by atoms with Crippen LogP contribution < -0.4 is 0 Å². The van der Waals surface area contributed by atoms with Crippen LogP contribution in [0.3, 0.4) is 0 Å². The van der Waals surface area contributed by atoms with Crippen LogP contribution >= 0.6 is 0 Å². The molecule has 19 heavy (non-hydrogen) atoms. The molecule has 0 amide bonds. The number of hydrogen-bond donors (Lipinski definition) is 0. The van der Waals surface area contributed by atoms with Gasteiger partial charge in [0.15, 0.2) is 0 Å². The summed E-state index contributed by atoms with van der Waals surface area (Å²) in [5.74, 6) is 0.964. The molecule has 0 heterocycles. The fourth-order valence-electron chi connectivity index (χ4n) is 3.91. The fraction of sp³-hybridized carbons (Fsp3) is 1.00. The molecule has 0 unspecified atom stereocenters. The van der Waals surface area contributed by atoms with Crippen LogP contribution in [-0.4, -0.2) is 32.1 Å². The first kappa shape index (κ1) is 17.8. The van der Waals surface area contributed by atoms with Gasteiger partial charge in [-0.3, -0.25) is 0 Å². The summed E-state index contributed by atoms with van der Waals surface area (Å²) < 4.78 is 11.6. The fourth-order valence-corrected chi connectivity index (χ4v) is 23.7. The van der Waals surface area contributed by atoms with Gasteiger partial charge in [0.2, 0.25) is 0 Å². The van der Waals surface area contributed by atoms with Crippen LogP contribution in [0.4, 0.5) is 0 Å². The Morgan fingerprint density at radius 2 is 1.37 bits per heavy atom. The minimum atomic E-state index is -1.86. The van der Waals surface area contributed by atoms with E-state index in [1.165, 1.54) is 48.9 Å². The molecule has 0 aromatic heterocycles. The van der Waals surface area contributed by atoms with E-state index < -0.39 is 18.4 Å². The monoisotopic (exact) mass is 376 g/mol. The molecule has 1 saturated carbocycles. The Hall–Kier alpha value is 0.759. The second-order valence-corrected chi connectivity index (χ2v) is 20.9. The van der Waals surface area contributed by atoms with Crippen LogP contribution in [-0.2, 0) is 4.74 Å². The minimum absolute atomic E-state index is 0.964. The van der Waals surface area contributed by atoms with Crippen molar-refractivity contribution in [1.82, 2.24) is 0 Å². The van der Waals surface area contributed by atoms with Crippen LogP contribution in [0, 0.1) is 5.92 Å². The van der Waals surface area contributed by atoms with Crippen LogP contribution in [0.5, 0.6) is 0 Å². The van der Waals surface area contributed by atoms with Crippen molar-refractivity contribution >= 4 is 18.4 Å². The number of rotatable bonds is 12. The number of hydrogen-bond acceptors (Lipinski definition) is 1. The quantitative estimate of drug-likeness (QED) is 0.388. The van der Waals surface area contributed by atoms with Gasteiger partial charge in [-0.05, 0) is 0 Å². The zero-order chi connectivity index (χ0) is 14.1. The summed E-state index contributed by atoms with van der Waals surface area (Å²) in [6, 6.07) is 0. The summed E-state index contributed by atoms with van der Waals surface area (Å²) in [4.78, 5) is 0. The molecule has 0 aromatic rings. The maximum absolute atomic E-state index is 5.44. The van der Waals surface area contributed by atoms with E-state index in [0.29, 0.717) is 0 Å². The van der Waals surface area contributed by atoms with Crippen molar-refractivity contribution in [1.29, 1.82) is 0 Å². The molecule has 0 aromatic carbocycles. The van der Waals surface area contributed by atoms with Gasteiger partial charge in [-0.1, -0.05) is 0 Å². The van der Waals surface area contributed by atoms with E-state index in [-0.39, 0.29) is 0 Å². The van der Waals surface area contributed by atoms with E-state index in [9.17, 15) is 0 Å². The first-order chi connectivity index (χ1) is 9.24. The molecule has 2 heteroatoms. The summed E-state index contributed by atoms with van der Waals surface area (Å²) in [6.45, 7) is 8.16. The normalized spacial score (nSPS) is 22.7. The van der Waals surface area contributed by atoms with Gasteiger partial charge in [-0.15, -0.1) is 0 Å². The van der Waals surface area contributed by atoms with Crippen molar-refractivity contribution in [3.05, 3.63) is 0 Å². The van der Waals surface area contributed by atoms with Gasteiger partial charge in [-0.2, -0.15) is 0 Å². The Morgan fingerprint density at radius 1 is 0.895 bits per heavy atom. The van der Waals surface area contributed by atoms with Gasteiger partial charge in [-0.25, -0.2) is 0 Å². The third kappa shape index (κ3) is 5.57. The number of methoxy groups -OCH3 is 1. The molecule has 114 valence electrons. The zero-order valence-electron chi connectivity index (χ0n) is 13.8. The predicted octanol–water partition coefficient (Wildman–Crippen LogP) is 5.87. The van der Waals surface area contributed by atoms with Crippen LogP contribution in [0.2, 0.25) is 17.2 Å². The molecule has 0 bridgehead atoms. The van der Waals surface area contributed by atoms with Crippen molar-refractivity contribution in [3.63, 3.8) is 0 Å². The molecule has 0 N–H and O–H groups in total. The first-order valence-electron chi connectivity index (χ1n) is 8.73. The third-order valence-electron chi connectivity index (χ3n) is 5.17. The average Bonchev–Trinajstić information content (AvgIpc) is 3.19. The third-order valence-corrected chi connectivity index (χ3v) is 23.2. The molecule has 1 aliphatic carbocycles. The topological polar surface area (TPSA) is 9.23 Å². The van der Waals surface area contributed by atoms with Gasteiger partial charge in [0.05, 0.1) is 0 Å². The van der Waals surface area contributed by atoms with Crippen molar-refractivity contribution < 1.29 is 4.74 Å². The van der Waals surface area contributed by atoms with Gasteiger partial charge in [0, 0.05) is 0 Å². The van der Waals surface area contributed by atoms with Crippen LogP contribution in [0.25, 0.3) is 0 Å². The van der Waals surface area contributed by atoms with Gasteiger partial charge in [0.1, 0.15) is 0 Å². The molecule has 0 saturated heterocycles. The molecular weight excluding hydrogens is 339 g/mol. The van der Waals surface area contributed by atoms with Crippen molar-refractivity contribution in [3.8, 4) is 0 Å². The summed E-state index contributed by atoms with van der Waals surface area (Å²) in [5, 5.41) is 0. The summed E-state index contributed by atoms with van der Waals surface area (Å²) in [7, 11) is 1.89. The molecule has 0 aliphatic heterocycles. The van der Waals surface area contributed by atoms with Crippen molar-refractivity contribution in [2.75, 3.05) is 13.7 Å². The van der Waals surface area contributed by atoms with E-state index in [1.807, 2.05) is 7.11 Å². The molecule has 0 spiro atoms. The van der Waals surface area contributed by atoms with Crippen molar-refractivity contribution in [2.45, 2.75) is 83.0 Å². The Balaban J connectivity index is 2.65. The number of unbranched alkanes of at least 4 members (excludes halogenated alkanes) is 3. The first-order valence-corrected chi connectivity index (χ1v) is 16.4. The Morgan fingerprint density at radius 3 is 1.74 bits per heavy atom. The summed E-state index contributed by atoms with van der Waals surface area (Å²) in [6.07, 6.45) is 10.3. The molecule has 1 fully saturated rings. The maximum atomic E-state index is 5.44. The van der Waals surface area contributed by atoms with E-state index >= 15 is 0 Å². The second-order valence-electron chi connectivity index (χ2n) is 6.73. The molecule has 0 radical (unpaired) electrons. The number of ether oxygens (including phenoxy) is 1. The summed E-state index contributed by atoms with van der Waals surface area (Å²) in [5.41, 5.74) is 0. The molecule has 1 aliphatic rings. The SMILES string of the molecule is CCC[CH2][Sn]([CH2]CCC)([CH2]CCC)[C@H]1C[C@@H]1COC. The van der Waals surface area contributed by atoms with Gasteiger partial charge >= 0.3 is 126 Å². The molecule has 1 rings (SSSR count). The Labute approximate surface area is 125 Å². The average molecular weight is 375 g/mol. The Bertz CT molecular complexity index is 208. The second kappa shape index (κ2) is 9.65. The zero-order valence-corrected chi connectivity index (χ0v) is 16.7. The van der Waals surface area contributed by atoms with Crippen molar-refractivity contribution in [2.24, 2.45) is 5.92 Å². The molecular formula is C17H36OSn. The van der Waals surface area contributed by atoms with E-state index in [4.69, 9.17) is 4.74 Å². The van der Waals surface area contributed by atoms with Crippen LogP contribution in [0.15, 0.2) is 0 Å². The molecule has 2 atom stereocenters. The van der Waals surface area contributed by atoms with E-state index in [0.717, 1.165) is 12.5 Å². The van der Waals surface area contributed by atoms with E-state index in [2.05, 4.69) is 20.8 Å². The van der Waals surface area contributed by atoms with Gasteiger partial charge < -0.3 is 0 Å². The predicted molar refractivity (Wildman–Crippen MR) is 88.6 cm³/mol.